The Hall–Kier alpha value is -1.28. The van der Waals surface area contributed by atoms with E-state index in [0.29, 0.717) is 0 Å². The van der Waals surface area contributed by atoms with Gasteiger partial charge in [0.2, 0.25) is 0 Å². The van der Waals surface area contributed by atoms with Crippen molar-refractivity contribution < 1.29 is 0 Å². The second-order valence-corrected chi connectivity index (χ2v) is 2.86. The molecule has 0 saturated carbocycles. The molecule has 78 valence electrons. The van der Waals surface area contributed by atoms with Crippen molar-refractivity contribution in [2.75, 3.05) is 11.1 Å². The van der Waals surface area contributed by atoms with E-state index in [-0.39, 0.29) is 0 Å². The highest BCUT2D eigenvalue weighted by Crippen LogP contribution is 2.14. The molecular weight excluding hydrogens is 250 g/mol. The summed E-state index contributed by atoms with van der Waals surface area (Å²) < 4.78 is 0. The van der Waals surface area contributed by atoms with Crippen LogP contribution in [-0.2, 0) is 0 Å². The van der Waals surface area contributed by atoms with E-state index < -0.39 is 0 Å². The van der Waals surface area contributed by atoms with Crippen LogP contribution in [0.1, 0.15) is 0 Å². The molecule has 0 bridgehead atoms. The van der Waals surface area contributed by atoms with Crippen LogP contribution < -0.4 is 5.32 Å². The summed E-state index contributed by atoms with van der Waals surface area (Å²) in [6.45, 7) is 0. The van der Waals surface area contributed by atoms with Gasteiger partial charge in [0.05, 0.1) is 0 Å². The lowest BCUT2D eigenvalue weighted by atomic mass is 10.3. The van der Waals surface area contributed by atoms with E-state index >= 15 is 0 Å². The summed E-state index contributed by atoms with van der Waals surface area (Å²) in [7, 11) is 0. The van der Waals surface area contributed by atoms with E-state index in [0.717, 1.165) is 11.4 Å². The van der Waals surface area contributed by atoms with Gasteiger partial charge in [0.15, 0.2) is 0 Å². The zero-order valence-electron chi connectivity index (χ0n) is 8.65. The number of alkyl halides is 1. The van der Waals surface area contributed by atoms with Crippen LogP contribution in [0.25, 0.3) is 0 Å². The van der Waals surface area contributed by atoms with Gasteiger partial charge >= 0.3 is 0 Å². The lowest BCUT2D eigenvalue weighted by Crippen LogP contribution is -1.87. The fraction of sp³-hybridized carbons (Fsp3) is 0.0769. The molecule has 2 aromatic carbocycles. The zero-order valence-corrected chi connectivity index (χ0v) is 10.2. The van der Waals surface area contributed by atoms with E-state index in [4.69, 9.17) is 0 Å². The average molecular weight is 264 g/mol. The van der Waals surface area contributed by atoms with E-state index in [2.05, 4.69) is 21.2 Å². The van der Waals surface area contributed by atoms with Gasteiger partial charge in [0.25, 0.3) is 0 Å². The molecule has 1 N–H and O–H groups in total. The largest absolute Gasteiger partial charge is 0.356 e. The average Bonchev–Trinajstić information content (AvgIpc) is 2.34. The highest BCUT2D eigenvalue weighted by molar-refractivity contribution is 9.08. The standard InChI is InChI=1S/C12H11N.CH3Br/c1-3-7-11(8-4-1)13-12-9-5-2-6-10-12;1-2/h1-10,13H;1H3. The van der Waals surface area contributed by atoms with Gasteiger partial charge in [0, 0.05) is 11.4 Å². The first kappa shape index (κ1) is 11.8. The maximum atomic E-state index is 3.30. The van der Waals surface area contributed by atoms with Gasteiger partial charge in [-0.15, -0.1) is 0 Å². The van der Waals surface area contributed by atoms with Crippen molar-refractivity contribution in [1.82, 2.24) is 0 Å². The summed E-state index contributed by atoms with van der Waals surface area (Å²) in [5.74, 6) is 1.81. The minimum absolute atomic E-state index is 1.12. The highest BCUT2D eigenvalue weighted by atomic mass is 79.9. The molecule has 2 rings (SSSR count). The number of para-hydroxylation sites is 2. The van der Waals surface area contributed by atoms with Crippen molar-refractivity contribution in [2.45, 2.75) is 0 Å². The molecule has 0 fully saturated rings. The first-order chi connectivity index (χ1) is 7.45. The van der Waals surface area contributed by atoms with Crippen LogP contribution in [0.15, 0.2) is 60.7 Å². The van der Waals surface area contributed by atoms with Crippen LogP contribution in [0.4, 0.5) is 11.4 Å². The Balaban J connectivity index is 0.000000531. The topological polar surface area (TPSA) is 12.0 Å². The molecule has 0 aliphatic rings. The van der Waals surface area contributed by atoms with Crippen molar-refractivity contribution in [1.29, 1.82) is 0 Å². The van der Waals surface area contributed by atoms with Gasteiger partial charge in [-0.3, -0.25) is 0 Å². The molecule has 0 aliphatic carbocycles. The van der Waals surface area contributed by atoms with E-state index in [1.807, 2.05) is 66.5 Å². The van der Waals surface area contributed by atoms with Crippen LogP contribution in [0.3, 0.4) is 0 Å². The molecule has 0 unspecified atom stereocenters. The van der Waals surface area contributed by atoms with Gasteiger partial charge in [0.1, 0.15) is 0 Å². The Labute approximate surface area is 99.3 Å². The lowest BCUT2D eigenvalue weighted by Gasteiger charge is -2.04. The van der Waals surface area contributed by atoms with Crippen molar-refractivity contribution in [3.63, 3.8) is 0 Å². The van der Waals surface area contributed by atoms with Crippen molar-refractivity contribution >= 4 is 27.3 Å². The molecule has 0 radical (unpaired) electrons. The van der Waals surface area contributed by atoms with Gasteiger partial charge in [-0.05, 0) is 30.1 Å². The number of nitrogens with one attached hydrogen (secondary N) is 1. The van der Waals surface area contributed by atoms with E-state index in [1.54, 1.807) is 0 Å². The van der Waals surface area contributed by atoms with E-state index in [9.17, 15) is 0 Å². The molecule has 0 spiro atoms. The smallest absolute Gasteiger partial charge is 0.0384 e. The fourth-order valence-electron chi connectivity index (χ4n) is 1.21. The predicted octanol–water partition coefficient (Wildman–Crippen LogP) is 4.44. The molecule has 0 aromatic heterocycles. The van der Waals surface area contributed by atoms with Crippen molar-refractivity contribution in [3.05, 3.63) is 60.7 Å². The third kappa shape index (κ3) is 4.17. The molecule has 2 aromatic rings. The number of hydrogen-bond donors (Lipinski definition) is 1. The molecule has 2 heteroatoms. The second-order valence-electron chi connectivity index (χ2n) is 2.86. The fourth-order valence-corrected chi connectivity index (χ4v) is 1.21. The Bertz CT molecular complexity index is 321. The number of anilines is 2. The summed E-state index contributed by atoms with van der Waals surface area (Å²) in [6, 6.07) is 20.3. The minimum atomic E-state index is 1.12. The maximum Gasteiger partial charge on any atom is 0.0384 e. The van der Waals surface area contributed by atoms with Crippen molar-refractivity contribution in [3.8, 4) is 0 Å². The second kappa shape index (κ2) is 7.07. The normalized spacial score (nSPS) is 8.67. The molecule has 15 heavy (non-hydrogen) atoms. The number of benzene rings is 2. The maximum absolute atomic E-state index is 3.30. The first-order valence-electron chi connectivity index (χ1n) is 4.70. The van der Waals surface area contributed by atoms with Crippen LogP contribution in [-0.4, -0.2) is 5.83 Å². The lowest BCUT2D eigenvalue weighted by molar-refractivity contribution is 1.55. The van der Waals surface area contributed by atoms with Gasteiger partial charge < -0.3 is 5.32 Å². The summed E-state index contributed by atoms with van der Waals surface area (Å²) >= 11 is 2.94. The third-order valence-electron chi connectivity index (χ3n) is 1.84. The first-order valence-corrected chi connectivity index (χ1v) is 6.29. The highest BCUT2D eigenvalue weighted by Gasteiger charge is 1.89. The number of hydrogen-bond acceptors (Lipinski definition) is 1. The molecule has 0 saturated heterocycles. The Morgan fingerprint density at radius 3 is 1.33 bits per heavy atom. The van der Waals surface area contributed by atoms with E-state index in [1.165, 1.54) is 0 Å². The molecule has 0 aliphatic heterocycles. The quantitative estimate of drug-likeness (QED) is 0.790. The Morgan fingerprint density at radius 1 is 0.667 bits per heavy atom. The minimum Gasteiger partial charge on any atom is -0.356 e. The summed E-state index contributed by atoms with van der Waals surface area (Å²) in [4.78, 5) is 0. The summed E-state index contributed by atoms with van der Waals surface area (Å²) in [5.41, 5.74) is 2.24. The molecular formula is C13H14BrN. The molecule has 0 amide bonds. The SMILES string of the molecule is CBr.c1ccc(Nc2ccccc2)cc1. The van der Waals surface area contributed by atoms with Crippen LogP contribution in [0.5, 0.6) is 0 Å². The van der Waals surface area contributed by atoms with Gasteiger partial charge in [-0.1, -0.05) is 52.3 Å². The zero-order chi connectivity index (χ0) is 10.9. The monoisotopic (exact) mass is 263 g/mol. The van der Waals surface area contributed by atoms with Crippen molar-refractivity contribution in [2.24, 2.45) is 0 Å². The predicted molar refractivity (Wildman–Crippen MR) is 71.0 cm³/mol. The Morgan fingerprint density at radius 2 is 1.00 bits per heavy atom. The van der Waals surface area contributed by atoms with Gasteiger partial charge in [-0.25, -0.2) is 0 Å². The van der Waals surface area contributed by atoms with Crippen LogP contribution in [0, 0.1) is 0 Å². The Kier molecular flexibility index (Phi) is 5.56. The van der Waals surface area contributed by atoms with Crippen LogP contribution >= 0.6 is 15.9 Å². The third-order valence-corrected chi connectivity index (χ3v) is 1.84. The number of halogens is 1. The van der Waals surface area contributed by atoms with Crippen LogP contribution in [0.2, 0.25) is 0 Å². The summed E-state index contributed by atoms with van der Waals surface area (Å²) in [5, 5.41) is 3.30. The molecule has 0 heterocycles. The summed E-state index contributed by atoms with van der Waals surface area (Å²) in [6.07, 6.45) is 0. The molecule has 1 nitrogen and oxygen atoms in total. The van der Waals surface area contributed by atoms with Gasteiger partial charge in [-0.2, -0.15) is 0 Å². The number of rotatable bonds is 2. The molecule has 0 atom stereocenters.